The third-order valence-electron chi connectivity index (χ3n) is 6.88. The maximum atomic E-state index is 13.3. The molecule has 2 aliphatic rings. The summed E-state index contributed by atoms with van der Waals surface area (Å²) in [6, 6.07) is 15.9. The third-order valence-corrected chi connectivity index (χ3v) is 6.88. The molecule has 0 aliphatic carbocycles. The standard InChI is InChI=1S/C28H37NO5/c1-4-17-33-24-12-11-22(18-26(24)31-3)27(30)29-15-13-28(14-16-29)20-23(32-5-2)19-25(34-28)21-9-7-6-8-10-21/h6-12,18,23,25H,4-5,13-17,19-20H2,1-3H3. The highest BCUT2D eigenvalue weighted by Gasteiger charge is 2.45. The molecule has 0 bridgehead atoms. The Morgan fingerprint density at radius 1 is 1.09 bits per heavy atom. The molecule has 2 saturated heterocycles. The molecule has 2 heterocycles. The first-order valence-electron chi connectivity index (χ1n) is 12.5. The predicted molar refractivity (Wildman–Crippen MR) is 132 cm³/mol. The number of rotatable bonds is 8. The predicted octanol–water partition coefficient (Wildman–Crippen LogP) is 5.42. The van der Waals surface area contributed by atoms with Gasteiger partial charge in [-0.2, -0.15) is 0 Å². The second kappa shape index (κ2) is 11.2. The molecule has 0 saturated carbocycles. The van der Waals surface area contributed by atoms with Gasteiger partial charge in [0, 0.05) is 38.1 Å². The van der Waals surface area contributed by atoms with E-state index in [1.54, 1.807) is 13.2 Å². The van der Waals surface area contributed by atoms with Crippen LogP contribution < -0.4 is 9.47 Å². The van der Waals surface area contributed by atoms with Crippen LogP contribution in [0.2, 0.25) is 0 Å². The Balaban J connectivity index is 1.44. The monoisotopic (exact) mass is 467 g/mol. The van der Waals surface area contributed by atoms with Gasteiger partial charge in [0.25, 0.3) is 5.91 Å². The van der Waals surface area contributed by atoms with E-state index in [1.165, 1.54) is 5.56 Å². The number of hydrogen-bond acceptors (Lipinski definition) is 5. The molecule has 2 atom stereocenters. The molecule has 184 valence electrons. The van der Waals surface area contributed by atoms with Gasteiger partial charge in [0.15, 0.2) is 11.5 Å². The van der Waals surface area contributed by atoms with Crippen LogP contribution in [0.4, 0.5) is 0 Å². The summed E-state index contributed by atoms with van der Waals surface area (Å²) in [4.78, 5) is 15.2. The van der Waals surface area contributed by atoms with Gasteiger partial charge in [0.1, 0.15) is 0 Å². The van der Waals surface area contributed by atoms with E-state index in [1.807, 2.05) is 30.0 Å². The minimum atomic E-state index is -0.259. The Morgan fingerprint density at radius 2 is 1.85 bits per heavy atom. The number of benzene rings is 2. The third kappa shape index (κ3) is 5.56. The smallest absolute Gasteiger partial charge is 0.253 e. The number of hydrogen-bond donors (Lipinski definition) is 0. The molecule has 2 fully saturated rings. The number of amides is 1. The molecule has 1 amide bonds. The Labute approximate surface area is 203 Å². The first-order valence-corrected chi connectivity index (χ1v) is 12.5. The molecule has 2 aromatic rings. The molecule has 6 heteroatoms. The van der Waals surface area contributed by atoms with E-state index in [4.69, 9.17) is 18.9 Å². The van der Waals surface area contributed by atoms with E-state index < -0.39 is 0 Å². The van der Waals surface area contributed by atoms with Crippen LogP contribution in [0.5, 0.6) is 11.5 Å². The molecule has 4 rings (SSSR count). The van der Waals surface area contributed by atoms with Gasteiger partial charge in [-0.15, -0.1) is 0 Å². The molecule has 0 aromatic heterocycles. The summed E-state index contributed by atoms with van der Waals surface area (Å²) in [6.45, 7) is 6.75. The van der Waals surface area contributed by atoms with Crippen molar-refractivity contribution >= 4 is 5.91 Å². The van der Waals surface area contributed by atoms with Crippen molar-refractivity contribution in [3.63, 3.8) is 0 Å². The van der Waals surface area contributed by atoms with Crippen LogP contribution in [0.25, 0.3) is 0 Å². The van der Waals surface area contributed by atoms with Crippen molar-refractivity contribution in [3.8, 4) is 11.5 Å². The highest BCUT2D eigenvalue weighted by molar-refractivity contribution is 5.95. The van der Waals surface area contributed by atoms with E-state index in [0.29, 0.717) is 43.4 Å². The van der Waals surface area contributed by atoms with Gasteiger partial charge < -0.3 is 23.8 Å². The van der Waals surface area contributed by atoms with Crippen molar-refractivity contribution in [1.29, 1.82) is 0 Å². The summed E-state index contributed by atoms with van der Waals surface area (Å²) in [6.07, 6.45) is 4.47. The Bertz CT molecular complexity index is 939. The fourth-order valence-electron chi connectivity index (χ4n) is 5.12. The molecule has 2 aromatic carbocycles. The number of methoxy groups -OCH3 is 1. The summed E-state index contributed by atoms with van der Waals surface area (Å²) >= 11 is 0. The van der Waals surface area contributed by atoms with Gasteiger partial charge in [-0.3, -0.25) is 4.79 Å². The van der Waals surface area contributed by atoms with Gasteiger partial charge in [0.05, 0.1) is 31.5 Å². The van der Waals surface area contributed by atoms with Crippen LogP contribution in [-0.4, -0.2) is 55.9 Å². The van der Waals surface area contributed by atoms with Crippen LogP contribution in [0.1, 0.15) is 68.0 Å². The maximum Gasteiger partial charge on any atom is 0.253 e. The summed E-state index contributed by atoms with van der Waals surface area (Å²) in [5.41, 5.74) is 1.56. The fourth-order valence-corrected chi connectivity index (χ4v) is 5.12. The number of piperidine rings is 1. The normalized spacial score (nSPS) is 21.9. The Hall–Kier alpha value is -2.57. The van der Waals surface area contributed by atoms with E-state index in [0.717, 1.165) is 32.1 Å². The summed E-state index contributed by atoms with van der Waals surface area (Å²) < 4.78 is 24.0. The van der Waals surface area contributed by atoms with Crippen molar-refractivity contribution in [2.45, 2.75) is 63.8 Å². The van der Waals surface area contributed by atoms with Gasteiger partial charge in [-0.25, -0.2) is 0 Å². The summed E-state index contributed by atoms with van der Waals surface area (Å²) in [7, 11) is 1.60. The Kier molecular flexibility index (Phi) is 8.11. The summed E-state index contributed by atoms with van der Waals surface area (Å²) in [5.74, 6) is 1.28. The second-order valence-corrected chi connectivity index (χ2v) is 9.22. The first kappa shape index (κ1) is 24.6. The van der Waals surface area contributed by atoms with Crippen molar-refractivity contribution in [3.05, 3.63) is 59.7 Å². The molecule has 2 unspecified atom stereocenters. The summed E-state index contributed by atoms with van der Waals surface area (Å²) in [5, 5.41) is 0. The number of carbonyl (C=O) groups is 1. The molecular formula is C28H37NO5. The lowest BCUT2D eigenvalue weighted by Crippen LogP contribution is -2.52. The molecule has 1 spiro atoms. The minimum Gasteiger partial charge on any atom is -0.493 e. The zero-order valence-corrected chi connectivity index (χ0v) is 20.6. The van der Waals surface area contributed by atoms with Gasteiger partial charge in [0.2, 0.25) is 0 Å². The van der Waals surface area contributed by atoms with Crippen molar-refractivity contribution in [2.75, 3.05) is 33.4 Å². The van der Waals surface area contributed by atoms with E-state index in [2.05, 4.69) is 31.2 Å². The second-order valence-electron chi connectivity index (χ2n) is 9.22. The number of ether oxygens (including phenoxy) is 4. The van der Waals surface area contributed by atoms with Gasteiger partial charge in [-0.1, -0.05) is 37.3 Å². The lowest BCUT2D eigenvalue weighted by Gasteiger charge is -2.48. The van der Waals surface area contributed by atoms with Crippen LogP contribution in [-0.2, 0) is 9.47 Å². The Morgan fingerprint density at radius 3 is 2.53 bits per heavy atom. The van der Waals surface area contributed by atoms with Gasteiger partial charge >= 0.3 is 0 Å². The lowest BCUT2D eigenvalue weighted by molar-refractivity contribution is -0.190. The molecule has 34 heavy (non-hydrogen) atoms. The van der Waals surface area contributed by atoms with E-state index in [-0.39, 0.29) is 23.7 Å². The zero-order chi connectivity index (χ0) is 24.0. The van der Waals surface area contributed by atoms with Crippen LogP contribution in [0, 0.1) is 0 Å². The average Bonchev–Trinajstić information content (AvgIpc) is 2.88. The molecule has 0 N–H and O–H groups in total. The largest absolute Gasteiger partial charge is 0.493 e. The lowest BCUT2D eigenvalue weighted by atomic mass is 9.80. The topological polar surface area (TPSA) is 57.2 Å². The van der Waals surface area contributed by atoms with Crippen molar-refractivity contribution in [1.82, 2.24) is 4.90 Å². The SMILES string of the molecule is CCCOc1ccc(C(=O)N2CCC3(CC2)CC(OCC)CC(c2ccccc2)O3)cc1OC. The molecular weight excluding hydrogens is 430 g/mol. The molecule has 0 radical (unpaired) electrons. The fraction of sp³-hybridized carbons (Fsp3) is 0.536. The van der Waals surface area contributed by atoms with Crippen molar-refractivity contribution in [2.24, 2.45) is 0 Å². The van der Waals surface area contributed by atoms with Gasteiger partial charge in [-0.05, 0) is 49.9 Å². The maximum absolute atomic E-state index is 13.3. The van der Waals surface area contributed by atoms with Crippen molar-refractivity contribution < 1.29 is 23.7 Å². The number of nitrogens with zero attached hydrogens (tertiary/aromatic N) is 1. The minimum absolute atomic E-state index is 0.0203. The van der Waals surface area contributed by atoms with E-state index >= 15 is 0 Å². The highest BCUT2D eigenvalue weighted by Crippen LogP contribution is 2.44. The zero-order valence-electron chi connectivity index (χ0n) is 20.6. The van der Waals surface area contributed by atoms with Crippen LogP contribution in [0.15, 0.2) is 48.5 Å². The highest BCUT2D eigenvalue weighted by atomic mass is 16.5. The van der Waals surface area contributed by atoms with Crippen LogP contribution >= 0.6 is 0 Å². The first-order chi connectivity index (χ1) is 16.6. The van der Waals surface area contributed by atoms with E-state index in [9.17, 15) is 4.79 Å². The number of likely N-dealkylation sites (tertiary alicyclic amines) is 1. The quantitative estimate of drug-likeness (QED) is 0.519. The van der Waals surface area contributed by atoms with Crippen LogP contribution in [0.3, 0.4) is 0 Å². The average molecular weight is 468 g/mol. The number of carbonyl (C=O) groups excluding carboxylic acids is 1. The molecule has 6 nitrogen and oxygen atoms in total. The molecule has 2 aliphatic heterocycles.